The molecule has 1 fully saturated rings. The predicted octanol–water partition coefficient (Wildman–Crippen LogP) is 1.45. The molecule has 1 N–H and O–H groups in total. The van der Waals surface area contributed by atoms with E-state index in [2.05, 4.69) is 6.08 Å². The molecule has 1 heterocycles. The molecule has 0 amide bonds. The maximum atomic E-state index is 8.82. The van der Waals surface area contributed by atoms with Crippen LogP contribution in [0.2, 0.25) is 0 Å². The van der Waals surface area contributed by atoms with Gasteiger partial charge in [-0.25, -0.2) is 0 Å². The lowest BCUT2D eigenvalue weighted by Crippen LogP contribution is -2.20. The van der Waals surface area contributed by atoms with Crippen LogP contribution < -0.4 is 0 Å². The third-order valence-electron chi connectivity index (χ3n) is 2.61. The maximum Gasteiger partial charge on any atom is 0.118 e. The van der Waals surface area contributed by atoms with E-state index in [1.165, 1.54) is 25.7 Å². The van der Waals surface area contributed by atoms with E-state index in [1.54, 1.807) is 0 Å². The molecule has 11 heavy (non-hydrogen) atoms. The van der Waals surface area contributed by atoms with Gasteiger partial charge >= 0.3 is 0 Å². The summed E-state index contributed by atoms with van der Waals surface area (Å²) in [6.45, 7) is 0.0764. The molecule has 2 nitrogen and oxygen atoms in total. The third kappa shape index (κ3) is 1.27. The van der Waals surface area contributed by atoms with E-state index in [0.29, 0.717) is 12.0 Å². The van der Waals surface area contributed by atoms with Gasteiger partial charge < -0.3 is 9.84 Å². The van der Waals surface area contributed by atoms with Gasteiger partial charge in [0.05, 0.1) is 0 Å². The molecule has 2 unspecified atom stereocenters. The molecule has 0 bridgehead atoms. The summed E-state index contributed by atoms with van der Waals surface area (Å²) in [6.07, 6.45) is 7.52. The molecule has 0 aromatic carbocycles. The van der Waals surface area contributed by atoms with Crippen LogP contribution in [0.1, 0.15) is 25.7 Å². The fourth-order valence-electron chi connectivity index (χ4n) is 2.02. The minimum Gasteiger partial charge on any atom is -0.492 e. The fourth-order valence-corrected chi connectivity index (χ4v) is 2.02. The number of rotatable bonds is 1. The Morgan fingerprint density at radius 2 is 2.27 bits per heavy atom. The summed E-state index contributed by atoms with van der Waals surface area (Å²) < 4.78 is 5.53. The lowest BCUT2D eigenvalue weighted by atomic mass is 9.87. The van der Waals surface area contributed by atoms with Crippen LogP contribution in [0, 0.1) is 5.92 Å². The van der Waals surface area contributed by atoms with Crippen molar-refractivity contribution in [2.75, 3.05) is 6.61 Å². The zero-order chi connectivity index (χ0) is 7.68. The Balaban J connectivity index is 2.02. The highest BCUT2D eigenvalue weighted by Crippen LogP contribution is 2.34. The van der Waals surface area contributed by atoms with Gasteiger partial charge in [-0.1, -0.05) is 6.42 Å². The number of aliphatic hydroxyl groups is 1. The number of aliphatic hydroxyl groups excluding tert-OH is 1. The Hall–Kier alpha value is -0.500. The zero-order valence-electron chi connectivity index (χ0n) is 6.62. The van der Waals surface area contributed by atoms with Crippen molar-refractivity contribution >= 4 is 0 Å². The lowest BCUT2D eigenvalue weighted by molar-refractivity contribution is 0.0659. The van der Waals surface area contributed by atoms with Crippen LogP contribution in [0.3, 0.4) is 0 Å². The summed E-state index contributed by atoms with van der Waals surface area (Å²) >= 11 is 0. The molecular formula is C9H14O2. The van der Waals surface area contributed by atoms with Gasteiger partial charge in [-0.3, -0.25) is 0 Å². The van der Waals surface area contributed by atoms with Crippen molar-refractivity contribution in [2.24, 2.45) is 5.92 Å². The first-order valence-corrected chi connectivity index (χ1v) is 4.38. The summed E-state index contributed by atoms with van der Waals surface area (Å²) in [6, 6.07) is 0. The number of hydrogen-bond donors (Lipinski definition) is 1. The molecular weight excluding hydrogens is 140 g/mol. The van der Waals surface area contributed by atoms with Crippen molar-refractivity contribution in [1.82, 2.24) is 0 Å². The highest BCUT2D eigenvalue weighted by molar-refractivity contribution is 5.07. The first kappa shape index (κ1) is 7.17. The van der Waals surface area contributed by atoms with Crippen molar-refractivity contribution in [3.8, 4) is 0 Å². The Bertz CT molecular complexity index is 174. The third-order valence-corrected chi connectivity index (χ3v) is 2.61. The van der Waals surface area contributed by atoms with E-state index < -0.39 is 0 Å². The molecule has 0 aromatic heterocycles. The second-order valence-electron chi connectivity index (χ2n) is 3.40. The largest absolute Gasteiger partial charge is 0.492 e. The summed E-state index contributed by atoms with van der Waals surface area (Å²) in [7, 11) is 0. The first-order chi connectivity index (χ1) is 5.40. The van der Waals surface area contributed by atoms with Crippen molar-refractivity contribution in [3.63, 3.8) is 0 Å². The lowest BCUT2D eigenvalue weighted by Gasteiger charge is -2.23. The highest BCUT2D eigenvalue weighted by Gasteiger charge is 2.30. The molecule has 2 rings (SSSR count). The van der Waals surface area contributed by atoms with Crippen molar-refractivity contribution < 1.29 is 9.84 Å². The number of hydrogen-bond acceptors (Lipinski definition) is 2. The molecule has 0 aromatic rings. The summed E-state index contributed by atoms with van der Waals surface area (Å²) in [4.78, 5) is 0. The van der Waals surface area contributed by atoms with Crippen LogP contribution in [-0.4, -0.2) is 17.8 Å². The first-order valence-electron chi connectivity index (χ1n) is 4.38. The Labute approximate surface area is 66.9 Å². The van der Waals surface area contributed by atoms with Gasteiger partial charge in [0.25, 0.3) is 0 Å². The van der Waals surface area contributed by atoms with Crippen molar-refractivity contribution in [2.45, 2.75) is 31.8 Å². The summed E-state index contributed by atoms with van der Waals surface area (Å²) in [5, 5.41) is 8.82. The van der Waals surface area contributed by atoms with E-state index in [0.717, 1.165) is 5.76 Å². The number of fused-ring (bicyclic) bond motifs is 1. The fraction of sp³-hybridized carbons (Fsp3) is 0.778. The van der Waals surface area contributed by atoms with Crippen molar-refractivity contribution in [3.05, 3.63) is 11.8 Å². The van der Waals surface area contributed by atoms with Gasteiger partial charge in [-0.05, 0) is 25.3 Å². The van der Waals surface area contributed by atoms with Gasteiger partial charge in [-0.2, -0.15) is 0 Å². The van der Waals surface area contributed by atoms with Crippen LogP contribution in [0.4, 0.5) is 0 Å². The topological polar surface area (TPSA) is 29.5 Å². The molecule has 2 atom stereocenters. The summed E-state index contributed by atoms with van der Waals surface area (Å²) in [5.74, 6) is 1.40. The van der Waals surface area contributed by atoms with E-state index in [1.807, 2.05) is 0 Å². The van der Waals surface area contributed by atoms with E-state index in [-0.39, 0.29) is 6.61 Å². The molecule has 0 spiro atoms. The minimum atomic E-state index is 0.0764. The van der Waals surface area contributed by atoms with Crippen LogP contribution in [0.5, 0.6) is 0 Å². The van der Waals surface area contributed by atoms with Crippen LogP contribution >= 0.6 is 0 Å². The second kappa shape index (κ2) is 2.86. The normalized spacial score (nSPS) is 35.9. The average Bonchev–Trinajstić information content (AvgIpc) is 2.46. The van der Waals surface area contributed by atoms with Gasteiger partial charge in [0.15, 0.2) is 0 Å². The smallest absolute Gasteiger partial charge is 0.118 e. The molecule has 0 radical (unpaired) electrons. The second-order valence-corrected chi connectivity index (χ2v) is 3.40. The average molecular weight is 154 g/mol. The van der Waals surface area contributed by atoms with Crippen molar-refractivity contribution in [1.29, 1.82) is 0 Å². The monoisotopic (exact) mass is 154 g/mol. The van der Waals surface area contributed by atoms with Crippen LogP contribution in [0.25, 0.3) is 0 Å². The molecule has 62 valence electrons. The molecule has 1 aliphatic carbocycles. The van der Waals surface area contributed by atoms with Gasteiger partial charge in [0.1, 0.15) is 18.5 Å². The maximum absolute atomic E-state index is 8.82. The summed E-state index contributed by atoms with van der Waals surface area (Å²) in [5.41, 5.74) is 0. The van der Waals surface area contributed by atoms with Gasteiger partial charge in [0.2, 0.25) is 0 Å². The molecule has 0 saturated heterocycles. The Kier molecular flexibility index (Phi) is 1.86. The van der Waals surface area contributed by atoms with Crippen LogP contribution in [-0.2, 0) is 4.74 Å². The van der Waals surface area contributed by atoms with Crippen LogP contribution in [0.15, 0.2) is 11.8 Å². The molecule has 2 aliphatic rings. The van der Waals surface area contributed by atoms with Gasteiger partial charge in [-0.15, -0.1) is 0 Å². The van der Waals surface area contributed by atoms with E-state index >= 15 is 0 Å². The van der Waals surface area contributed by atoms with E-state index in [4.69, 9.17) is 9.84 Å². The molecule has 1 aliphatic heterocycles. The minimum absolute atomic E-state index is 0.0764. The zero-order valence-corrected chi connectivity index (χ0v) is 6.62. The van der Waals surface area contributed by atoms with E-state index in [9.17, 15) is 0 Å². The SMILES string of the molecule is OCC1=CC2CCCCC2O1. The standard InChI is InChI=1S/C9H14O2/c10-6-8-5-7-3-1-2-4-9(7)11-8/h5,7,9-10H,1-4,6H2. The highest BCUT2D eigenvalue weighted by atomic mass is 16.5. The number of ether oxygens (including phenoxy) is 1. The predicted molar refractivity (Wildman–Crippen MR) is 42.0 cm³/mol. The Morgan fingerprint density at radius 3 is 3.00 bits per heavy atom. The quantitative estimate of drug-likeness (QED) is 0.619. The Morgan fingerprint density at radius 1 is 1.45 bits per heavy atom. The molecule has 2 heteroatoms. The molecule has 1 saturated carbocycles. The van der Waals surface area contributed by atoms with Gasteiger partial charge in [0, 0.05) is 5.92 Å².